The van der Waals surface area contributed by atoms with Crippen LogP contribution in [0, 0.1) is 0 Å². The second kappa shape index (κ2) is 3.44. The van der Waals surface area contributed by atoms with Gasteiger partial charge in [-0.3, -0.25) is 0 Å². The molecule has 0 saturated carbocycles. The standard InChI is InChI=1S/C11H13N/c1-2-4-8-11-10(6-3-1)7-5-9-12-11/h1-4,6,8,12H,5,7,9H2/b2-1?,3-1?,4-2?,6-3?,8-4+,10-6?,11-8?. The molecular formula is C11H13N. The third kappa shape index (κ3) is 1.50. The zero-order valence-electron chi connectivity index (χ0n) is 7.09. The van der Waals surface area contributed by atoms with Gasteiger partial charge in [0, 0.05) is 12.2 Å². The number of allylic oxidation sites excluding steroid dienone is 7. The maximum Gasteiger partial charge on any atom is 0.0372 e. The molecule has 0 spiro atoms. The third-order valence-electron chi connectivity index (χ3n) is 2.18. The van der Waals surface area contributed by atoms with E-state index in [9.17, 15) is 0 Å². The summed E-state index contributed by atoms with van der Waals surface area (Å²) in [5.74, 6) is 0. The van der Waals surface area contributed by atoms with Crippen molar-refractivity contribution in [2.75, 3.05) is 6.54 Å². The molecule has 1 heteroatoms. The van der Waals surface area contributed by atoms with Gasteiger partial charge in [-0.25, -0.2) is 0 Å². The molecule has 62 valence electrons. The van der Waals surface area contributed by atoms with Crippen molar-refractivity contribution < 1.29 is 0 Å². The topological polar surface area (TPSA) is 12.0 Å². The highest BCUT2D eigenvalue weighted by molar-refractivity contribution is 5.38. The van der Waals surface area contributed by atoms with Crippen LogP contribution >= 0.6 is 0 Å². The Morgan fingerprint density at radius 2 is 1.83 bits per heavy atom. The molecule has 0 atom stereocenters. The van der Waals surface area contributed by atoms with Gasteiger partial charge >= 0.3 is 0 Å². The minimum atomic E-state index is 1.11. The van der Waals surface area contributed by atoms with Crippen molar-refractivity contribution >= 4 is 0 Å². The molecule has 0 fully saturated rings. The van der Waals surface area contributed by atoms with Gasteiger partial charge in [0.15, 0.2) is 0 Å². The van der Waals surface area contributed by atoms with E-state index in [1.807, 2.05) is 0 Å². The van der Waals surface area contributed by atoms with Crippen molar-refractivity contribution in [2.24, 2.45) is 0 Å². The number of rotatable bonds is 0. The molecule has 1 nitrogen and oxygen atoms in total. The average molecular weight is 159 g/mol. The summed E-state index contributed by atoms with van der Waals surface area (Å²) in [6, 6.07) is 0. The van der Waals surface area contributed by atoms with Crippen LogP contribution in [0.15, 0.2) is 47.7 Å². The van der Waals surface area contributed by atoms with Gasteiger partial charge in [0.25, 0.3) is 0 Å². The minimum Gasteiger partial charge on any atom is -0.385 e. The van der Waals surface area contributed by atoms with Gasteiger partial charge in [-0.2, -0.15) is 0 Å². The first-order valence-corrected chi connectivity index (χ1v) is 4.45. The fourth-order valence-corrected chi connectivity index (χ4v) is 1.54. The number of nitrogens with one attached hydrogen (secondary N) is 1. The highest BCUT2D eigenvalue weighted by atomic mass is 14.9. The second-order valence-corrected chi connectivity index (χ2v) is 3.07. The van der Waals surface area contributed by atoms with Crippen LogP contribution < -0.4 is 5.32 Å². The molecule has 1 N–H and O–H groups in total. The first-order valence-electron chi connectivity index (χ1n) is 4.45. The van der Waals surface area contributed by atoms with Crippen LogP contribution in [0.3, 0.4) is 0 Å². The lowest BCUT2D eigenvalue weighted by Gasteiger charge is -2.18. The molecular weight excluding hydrogens is 146 g/mol. The fraction of sp³-hybridized carbons (Fsp3) is 0.273. The van der Waals surface area contributed by atoms with E-state index in [-0.39, 0.29) is 0 Å². The molecule has 0 unspecified atom stereocenters. The summed E-state index contributed by atoms with van der Waals surface area (Å²) in [5, 5.41) is 3.40. The van der Waals surface area contributed by atoms with E-state index in [0.29, 0.717) is 0 Å². The van der Waals surface area contributed by atoms with E-state index in [1.165, 1.54) is 24.1 Å². The molecule has 0 aromatic heterocycles. The zero-order chi connectivity index (χ0) is 8.23. The predicted octanol–water partition coefficient (Wildman–Crippen LogP) is 2.31. The van der Waals surface area contributed by atoms with E-state index in [4.69, 9.17) is 0 Å². The highest BCUT2D eigenvalue weighted by Crippen LogP contribution is 2.17. The molecule has 1 aliphatic heterocycles. The molecule has 1 heterocycles. The van der Waals surface area contributed by atoms with Crippen molar-refractivity contribution in [3.8, 4) is 0 Å². The monoisotopic (exact) mass is 159 g/mol. The van der Waals surface area contributed by atoms with Gasteiger partial charge < -0.3 is 5.32 Å². The highest BCUT2D eigenvalue weighted by Gasteiger charge is 2.06. The predicted molar refractivity (Wildman–Crippen MR) is 51.7 cm³/mol. The van der Waals surface area contributed by atoms with E-state index in [1.54, 1.807) is 0 Å². The SMILES string of the molecule is C1=C/C=C/C2=C(C=C1)CCCN2. The Hall–Kier alpha value is -1.24. The number of hydrogen-bond acceptors (Lipinski definition) is 1. The normalized spacial score (nSPS) is 24.0. The summed E-state index contributed by atoms with van der Waals surface area (Å²) < 4.78 is 0. The molecule has 0 aromatic carbocycles. The molecule has 1 aliphatic carbocycles. The molecule has 2 aliphatic rings. The summed E-state index contributed by atoms with van der Waals surface area (Å²) in [6.07, 6.45) is 15.1. The molecule has 0 amide bonds. The summed E-state index contributed by atoms with van der Waals surface area (Å²) in [7, 11) is 0. The average Bonchev–Trinajstić information content (AvgIpc) is 2.06. The quantitative estimate of drug-likeness (QED) is 0.572. The Labute approximate surface area is 73.2 Å². The summed E-state index contributed by atoms with van der Waals surface area (Å²) >= 11 is 0. The van der Waals surface area contributed by atoms with Crippen LogP contribution in [0.5, 0.6) is 0 Å². The van der Waals surface area contributed by atoms with Crippen LogP contribution in [0.25, 0.3) is 0 Å². The maximum absolute atomic E-state index is 3.40. The number of hydrogen-bond donors (Lipinski definition) is 1. The van der Waals surface area contributed by atoms with Gasteiger partial charge in [-0.1, -0.05) is 30.4 Å². The van der Waals surface area contributed by atoms with Crippen molar-refractivity contribution in [3.05, 3.63) is 47.7 Å². The van der Waals surface area contributed by atoms with Gasteiger partial charge in [-0.15, -0.1) is 0 Å². The van der Waals surface area contributed by atoms with Gasteiger partial charge in [0.1, 0.15) is 0 Å². The first-order chi connectivity index (χ1) is 5.97. The van der Waals surface area contributed by atoms with Crippen molar-refractivity contribution in [1.29, 1.82) is 0 Å². The van der Waals surface area contributed by atoms with Crippen molar-refractivity contribution in [2.45, 2.75) is 12.8 Å². The van der Waals surface area contributed by atoms with Crippen molar-refractivity contribution in [1.82, 2.24) is 5.32 Å². The van der Waals surface area contributed by atoms with Crippen LogP contribution in [-0.2, 0) is 0 Å². The molecule has 12 heavy (non-hydrogen) atoms. The van der Waals surface area contributed by atoms with E-state index in [0.717, 1.165) is 6.54 Å². The minimum absolute atomic E-state index is 1.11. The first kappa shape index (κ1) is 7.41. The smallest absolute Gasteiger partial charge is 0.0372 e. The molecule has 0 saturated heterocycles. The zero-order valence-corrected chi connectivity index (χ0v) is 7.09. The van der Waals surface area contributed by atoms with Crippen LogP contribution in [-0.4, -0.2) is 6.54 Å². The summed E-state index contributed by atoms with van der Waals surface area (Å²) in [5.41, 5.74) is 2.73. The maximum atomic E-state index is 3.40. The van der Waals surface area contributed by atoms with Gasteiger partial charge in [-0.05, 0) is 24.5 Å². The van der Waals surface area contributed by atoms with Crippen LogP contribution in [0.4, 0.5) is 0 Å². The van der Waals surface area contributed by atoms with Crippen LogP contribution in [0.1, 0.15) is 12.8 Å². The third-order valence-corrected chi connectivity index (χ3v) is 2.18. The lowest BCUT2D eigenvalue weighted by atomic mass is 10.0. The molecule has 0 bridgehead atoms. The Balaban J connectivity index is 2.31. The van der Waals surface area contributed by atoms with Gasteiger partial charge in [0.2, 0.25) is 0 Å². The Morgan fingerprint density at radius 3 is 2.75 bits per heavy atom. The molecule has 0 aromatic rings. The lowest BCUT2D eigenvalue weighted by Crippen LogP contribution is -2.19. The second-order valence-electron chi connectivity index (χ2n) is 3.07. The van der Waals surface area contributed by atoms with E-state index < -0.39 is 0 Å². The lowest BCUT2D eigenvalue weighted by molar-refractivity contribution is 0.685. The fourth-order valence-electron chi connectivity index (χ4n) is 1.54. The van der Waals surface area contributed by atoms with Gasteiger partial charge in [0.05, 0.1) is 0 Å². The summed E-state index contributed by atoms with van der Waals surface area (Å²) in [6.45, 7) is 1.11. The van der Waals surface area contributed by atoms with E-state index in [2.05, 4.69) is 41.8 Å². The Morgan fingerprint density at radius 1 is 1.00 bits per heavy atom. The van der Waals surface area contributed by atoms with E-state index >= 15 is 0 Å². The Bertz CT molecular complexity index is 251. The summed E-state index contributed by atoms with van der Waals surface area (Å²) in [4.78, 5) is 0. The van der Waals surface area contributed by atoms with Crippen molar-refractivity contribution in [3.63, 3.8) is 0 Å². The molecule has 0 radical (unpaired) electrons. The largest absolute Gasteiger partial charge is 0.385 e. The Kier molecular flexibility index (Phi) is 2.12. The molecule has 2 rings (SSSR count). The van der Waals surface area contributed by atoms with Crippen LogP contribution in [0.2, 0.25) is 0 Å².